The summed E-state index contributed by atoms with van der Waals surface area (Å²) < 4.78 is 4.97. The van der Waals surface area contributed by atoms with E-state index >= 15 is 0 Å². The number of hydrogen-bond acceptors (Lipinski definition) is 8. The highest BCUT2D eigenvalue weighted by Gasteiger charge is 2.27. The standard InChI is InChI=1S/C17H18N6O2S/c1-11-10-14(22-25-11)19-15(24)12-5-8-23(9-6-12)17-21-20-16(26-17)13-4-2-3-7-18-13/h2-4,7,10,12H,5-6,8-9H2,1H3,(H,19,22,24). The molecule has 1 N–H and O–H groups in total. The maximum absolute atomic E-state index is 12.4. The quantitative estimate of drug-likeness (QED) is 0.754. The Morgan fingerprint density at radius 2 is 2.15 bits per heavy atom. The second-order valence-corrected chi connectivity index (χ2v) is 7.13. The smallest absolute Gasteiger partial charge is 0.228 e. The van der Waals surface area contributed by atoms with Gasteiger partial charge in [0.15, 0.2) is 10.8 Å². The van der Waals surface area contributed by atoms with Crippen LogP contribution in [0.4, 0.5) is 10.9 Å². The van der Waals surface area contributed by atoms with Crippen LogP contribution in [0, 0.1) is 12.8 Å². The van der Waals surface area contributed by atoms with Crippen molar-refractivity contribution in [1.29, 1.82) is 0 Å². The minimum absolute atomic E-state index is 0.00983. The predicted molar refractivity (Wildman–Crippen MR) is 97.9 cm³/mol. The number of amides is 1. The second-order valence-electron chi connectivity index (χ2n) is 6.18. The molecular formula is C17H18N6O2S. The number of rotatable bonds is 4. The Balaban J connectivity index is 1.35. The Hall–Kier alpha value is -2.81. The molecule has 1 aliphatic heterocycles. The lowest BCUT2D eigenvalue weighted by atomic mass is 9.96. The van der Waals surface area contributed by atoms with Gasteiger partial charge >= 0.3 is 0 Å². The lowest BCUT2D eigenvalue weighted by Crippen LogP contribution is -2.38. The largest absolute Gasteiger partial charge is 0.360 e. The number of hydrogen-bond donors (Lipinski definition) is 1. The molecule has 26 heavy (non-hydrogen) atoms. The maximum atomic E-state index is 12.4. The molecular weight excluding hydrogens is 352 g/mol. The van der Waals surface area contributed by atoms with Gasteiger partial charge in [-0.05, 0) is 31.9 Å². The van der Waals surface area contributed by atoms with Gasteiger partial charge in [0.1, 0.15) is 11.5 Å². The Morgan fingerprint density at radius 3 is 2.85 bits per heavy atom. The lowest BCUT2D eigenvalue weighted by molar-refractivity contribution is -0.120. The number of pyridine rings is 1. The van der Waals surface area contributed by atoms with Crippen LogP contribution in [0.5, 0.6) is 0 Å². The molecule has 134 valence electrons. The van der Waals surface area contributed by atoms with Crippen LogP contribution in [-0.4, -0.2) is 39.3 Å². The van der Waals surface area contributed by atoms with E-state index < -0.39 is 0 Å². The summed E-state index contributed by atoms with van der Waals surface area (Å²) in [4.78, 5) is 18.8. The molecule has 4 rings (SSSR count). The van der Waals surface area contributed by atoms with E-state index in [0.717, 1.165) is 41.8 Å². The molecule has 0 unspecified atom stereocenters. The SMILES string of the molecule is Cc1cc(NC(=O)C2CCN(c3nnc(-c4ccccn4)s3)CC2)no1. The highest BCUT2D eigenvalue weighted by Crippen LogP contribution is 2.30. The van der Waals surface area contributed by atoms with Gasteiger partial charge in [-0.25, -0.2) is 0 Å². The number of nitrogens with zero attached hydrogens (tertiary/aromatic N) is 5. The molecule has 1 saturated heterocycles. The van der Waals surface area contributed by atoms with Crippen LogP contribution in [0.25, 0.3) is 10.7 Å². The molecule has 3 aromatic rings. The van der Waals surface area contributed by atoms with E-state index in [4.69, 9.17) is 4.52 Å². The monoisotopic (exact) mass is 370 g/mol. The van der Waals surface area contributed by atoms with Crippen molar-refractivity contribution in [3.8, 4) is 10.7 Å². The van der Waals surface area contributed by atoms with Crippen molar-refractivity contribution < 1.29 is 9.32 Å². The molecule has 0 spiro atoms. The minimum atomic E-state index is -0.0357. The first-order chi connectivity index (χ1) is 12.7. The summed E-state index contributed by atoms with van der Waals surface area (Å²) in [6, 6.07) is 7.45. The van der Waals surface area contributed by atoms with Gasteiger partial charge in [-0.2, -0.15) is 0 Å². The van der Waals surface area contributed by atoms with Crippen LogP contribution in [0.1, 0.15) is 18.6 Å². The second kappa shape index (κ2) is 7.20. The van der Waals surface area contributed by atoms with Crippen LogP contribution in [0.3, 0.4) is 0 Å². The fraction of sp³-hybridized carbons (Fsp3) is 0.353. The zero-order chi connectivity index (χ0) is 17.9. The van der Waals surface area contributed by atoms with E-state index in [-0.39, 0.29) is 11.8 Å². The third-order valence-electron chi connectivity index (χ3n) is 4.31. The molecule has 3 aromatic heterocycles. The summed E-state index contributed by atoms with van der Waals surface area (Å²) in [5.41, 5.74) is 0.827. The van der Waals surface area contributed by atoms with Crippen molar-refractivity contribution in [3.05, 3.63) is 36.2 Å². The van der Waals surface area contributed by atoms with Crippen molar-refractivity contribution in [2.24, 2.45) is 5.92 Å². The Bertz CT molecular complexity index is 886. The van der Waals surface area contributed by atoms with E-state index in [1.807, 2.05) is 18.2 Å². The molecule has 0 saturated carbocycles. The molecule has 0 aliphatic carbocycles. The van der Waals surface area contributed by atoms with Crippen molar-refractivity contribution in [1.82, 2.24) is 20.3 Å². The molecule has 0 bridgehead atoms. The summed E-state index contributed by atoms with van der Waals surface area (Å²) in [6.07, 6.45) is 3.28. The van der Waals surface area contributed by atoms with Crippen LogP contribution in [0.15, 0.2) is 35.0 Å². The third-order valence-corrected chi connectivity index (χ3v) is 5.32. The fourth-order valence-electron chi connectivity index (χ4n) is 2.92. The molecule has 0 radical (unpaired) electrons. The number of carbonyl (C=O) groups excluding carboxylic acids is 1. The van der Waals surface area contributed by atoms with E-state index in [1.54, 1.807) is 19.2 Å². The van der Waals surface area contributed by atoms with Crippen LogP contribution in [0.2, 0.25) is 0 Å². The summed E-state index contributed by atoms with van der Waals surface area (Å²) in [5, 5.41) is 16.8. The molecule has 8 nitrogen and oxygen atoms in total. The highest BCUT2D eigenvalue weighted by molar-refractivity contribution is 7.18. The van der Waals surface area contributed by atoms with E-state index in [2.05, 4.69) is 30.6 Å². The normalized spacial score (nSPS) is 15.2. The highest BCUT2D eigenvalue weighted by atomic mass is 32.1. The first-order valence-electron chi connectivity index (χ1n) is 8.43. The van der Waals surface area contributed by atoms with Crippen LogP contribution in [-0.2, 0) is 4.79 Å². The van der Waals surface area contributed by atoms with E-state index in [9.17, 15) is 4.79 Å². The summed E-state index contributed by atoms with van der Waals surface area (Å²) >= 11 is 1.53. The Kier molecular flexibility index (Phi) is 4.61. The number of aryl methyl sites for hydroxylation is 1. The average molecular weight is 370 g/mol. The van der Waals surface area contributed by atoms with Crippen molar-refractivity contribution in [2.45, 2.75) is 19.8 Å². The molecule has 4 heterocycles. The minimum Gasteiger partial charge on any atom is -0.360 e. The van der Waals surface area contributed by atoms with Crippen LogP contribution >= 0.6 is 11.3 Å². The third kappa shape index (κ3) is 3.57. The fourth-order valence-corrected chi connectivity index (χ4v) is 3.80. The number of piperidine rings is 1. The van der Waals surface area contributed by atoms with Gasteiger partial charge in [0.05, 0.1) is 0 Å². The maximum Gasteiger partial charge on any atom is 0.228 e. The van der Waals surface area contributed by atoms with Gasteiger partial charge in [0, 0.05) is 31.3 Å². The predicted octanol–water partition coefficient (Wildman–Crippen LogP) is 2.75. The van der Waals surface area contributed by atoms with Gasteiger partial charge in [0.2, 0.25) is 11.0 Å². The first kappa shape index (κ1) is 16.6. The number of aromatic nitrogens is 4. The van der Waals surface area contributed by atoms with E-state index in [1.165, 1.54) is 11.3 Å². The topological polar surface area (TPSA) is 97.0 Å². The zero-order valence-corrected chi connectivity index (χ0v) is 15.1. The number of carbonyl (C=O) groups is 1. The molecule has 1 amide bonds. The molecule has 9 heteroatoms. The van der Waals surface area contributed by atoms with Gasteiger partial charge in [-0.1, -0.05) is 22.6 Å². The van der Waals surface area contributed by atoms with Crippen molar-refractivity contribution >= 4 is 28.2 Å². The molecule has 0 aromatic carbocycles. The summed E-state index contributed by atoms with van der Waals surface area (Å²) in [6.45, 7) is 3.34. The van der Waals surface area contributed by atoms with Crippen LogP contribution < -0.4 is 10.2 Å². The number of anilines is 2. The van der Waals surface area contributed by atoms with Crippen molar-refractivity contribution in [2.75, 3.05) is 23.3 Å². The number of nitrogens with one attached hydrogen (secondary N) is 1. The van der Waals surface area contributed by atoms with Gasteiger partial charge in [-0.3, -0.25) is 9.78 Å². The van der Waals surface area contributed by atoms with E-state index in [0.29, 0.717) is 11.6 Å². The van der Waals surface area contributed by atoms with Gasteiger partial charge in [-0.15, -0.1) is 10.2 Å². The molecule has 1 aliphatic rings. The molecule has 0 atom stereocenters. The van der Waals surface area contributed by atoms with Gasteiger partial charge < -0.3 is 14.7 Å². The average Bonchev–Trinajstić information content (AvgIpc) is 3.32. The zero-order valence-electron chi connectivity index (χ0n) is 14.3. The summed E-state index contributed by atoms with van der Waals surface area (Å²) in [7, 11) is 0. The van der Waals surface area contributed by atoms with Gasteiger partial charge in [0.25, 0.3) is 0 Å². The Labute approximate surface area is 154 Å². The lowest BCUT2D eigenvalue weighted by Gasteiger charge is -2.30. The first-order valence-corrected chi connectivity index (χ1v) is 9.25. The van der Waals surface area contributed by atoms with Crippen molar-refractivity contribution in [3.63, 3.8) is 0 Å². The summed E-state index contributed by atoms with van der Waals surface area (Å²) in [5.74, 6) is 1.10. The Morgan fingerprint density at radius 1 is 1.31 bits per heavy atom. The molecule has 1 fully saturated rings.